The van der Waals surface area contributed by atoms with Crippen LogP contribution in [0.15, 0.2) is 11.0 Å². The number of hydrogen-bond donors (Lipinski definition) is 1. The van der Waals surface area contributed by atoms with Crippen molar-refractivity contribution in [2.24, 2.45) is 0 Å². The summed E-state index contributed by atoms with van der Waals surface area (Å²) in [5, 5.41) is 0. The Hall–Kier alpha value is -1.07. The highest BCUT2D eigenvalue weighted by molar-refractivity contribution is 7.85. The lowest BCUT2D eigenvalue weighted by Crippen LogP contribution is -2.15. The molecular formula is C45H84O4S. The van der Waals surface area contributed by atoms with Gasteiger partial charge >= 0.3 is 0 Å². The average molecular weight is 721 g/mol. The molecule has 0 aliphatic heterocycles. The summed E-state index contributed by atoms with van der Waals surface area (Å²) >= 11 is 0. The standard InChI is InChI=1S/C45H84O4S/c1-6-9-12-15-18-21-24-27-30-33-36-41-42(37-34-31-28-25-22-19-16-13-10-7-2)44(49-40(4)5)39-45(50(46,47)48)43(41)38-35-32-29-26-23-20-17-14-11-8-3/h39-40H,6-38H2,1-5H3,(H,46,47,48). The van der Waals surface area contributed by atoms with Crippen LogP contribution in [0.4, 0.5) is 0 Å². The fourth-order valence-corrected chi connectivity index (χ4v) is 8.37. The number of benzene rings is 1. The highest BCUT2D eigenvalue weighted by atomic mass is 32.2. The van der Waals surface area contributed by atoms with Crippen molar-refractivity contribution in [1.82, 2.24) is 0 Å². The van der Waals surface area contributed by atoms with Crippen molar-refractivity contribution in [2.75, 3.05) is 0 Å². The molecule has 0 aliphatic rings. The molecule has 0 aromatic heterocycles. The van der Waals surface area contributed by atoms with Crippen molar-refractivity contribution >= 4 is 10.1 Å². The Labute approximate surface area is 312 Å². The molecule has 0 heterocycles. The van der Waals surface area contributed by atoms with Gasteiger partial charge in [-0.05, 0) is 69.1 Å². The Balaban J connectivity index is 3.04. The van der Waals surface area contributed by atoms with Crippen molar-refractivity contribution < 1.29 is 17.7 Å². The summed E-state index contributed by atoms with van der Waals surface area (Å²) in [6.45, 7) is 10.8. The van der Waals surface area contributed by atoms with Gasteiger partial charge in [0.15, 0.2) is 0 Å². The lowest BCUT2D eigenvalue weighted by atomic mass is 9.89. The minimum atomic E-state index is -4.37. The SMILES string of the molecule is CCCCCCCCCCCCc1c(OC(C)C)cc(S(=O)(=O)O)c(CCCCCCCCCCCC)c1CCCCCCCCCCCC. The lowest BCUT2D eigenvalue weighted by Gasteiger charge is -2.23. The molecular weight excluding hydrogens is 637 g/mol. The minimum absolute atomic E-state index is 0.0614. The normalized spacial score (nSPS) is 12.0. The summed E-state index contributed by atoms with van der Waals surface area (Å²) in [6, 6.07) is 1.68. The topological polar surface area (TPSA) is 63.6 Å². The van der Waals surface area contributed by atoms with Gasteiger partial charge in [0.25, 0.3) is 10.1 Å². The Bertz CT molecular complexity index is 1030. The van der Waals surface area contributed by atoms with E-state index in [9.17, 15) is 13.0 Å². The Morgan fingerprint density at radius 1 is 0.460 bits per heavy atom. The van der Waals surface area contributed by atoms with Crippen LogP contribution in [0.1, 0.15) is 244 Å². The van der Waals surface area contributed by atoms with Gasteiger partial charge in [0.2, 0.25) is 0 Å². The van der Waals surface area contributed by atoms with Crippen molar-refractivity contribution in [1.29, 1.82) is 0 Å². The molecule has 0 saturated carbocycles. The van der Waals surface area contributed by atoms with Crippen molar-refractivity contribution in [2.45, 2.75) is 258 Å². The third kappa shape index (κ3) is 23.5. The van der Waals surface area contributed by atoms with Crippen molar-refractivity contribution in [3.8, 4) is 5.75 Å². The molecule has 0 atom stereocenters. The van der Waals surface area contributed by atoms with Crippen LogP contribution < -0.4 is 4.74 Å². The summed E-state index contributed by atoms with van der Waals surface area (Å²) in [6.07, 6.45) is 40.7. The molecule has 294 valence electrons. The summed E-state index contributed by atoms with van der Waals surface area (Å²) in [7, 11) is -4.37. The van der Waals surface area contributed by atoms with Crippen LogP contribution in [0.2, 0.25) is 0 Å². The third-order valence-corrected chi connectivity index (χ3v) is 11.5. The van der Waals surface area contributed by atoms with Gasteiger partial charge in [0.05, 0.1) is 6.10 Å². The Kier molecular flexibility index (Phi) is 29.5. The van der Waals surface area contributed by atoms with E-state index < -0.39 is 10.1 Å². The second kappa shape index (κ2) is 31.5. The number of ether oxygens (including phenoxy) is 1. The largest absolute Gasteiger partial charge is 0.491 e. The monoisotopic (exact) mass is 721 g/mol. The van der Waals surface area contributed by atoms with Gasteiger partial charge in [0, 0.05) is 6.07 Å². The Morgan fingerprint density at radius 2 is 0.740 bits per heavy atom. The smallest absolute Gasteiger partial charge is 0.294 e. The lowest BCUT2D eigenvalue weighted by molar-refractivity contribution is 0.238. The first-order chi connectivity index (χ1) is 24.3. The van der Waals surface area contributed by atoms with Crippen LogP contribution in [-0.2, 0) is 29.4 Å². The van der Waals surface area contributed by atoms with Crippen LogP contribution in [0, 0.1) is 0 Å². The quantitative estimate of drug-likeness (QED) is 0.0554. The number of rotatable bonds is 36. The van der Waals surface area contributed by atoms with Crippen LogP contribution >= 0.6 is 0 Å². The summed E-state index contributed by atoms with van der Waals surface area (Å²) < 4.78 is 42.7. The van der Waals surface area contributed by atoms with Crippen LogP contribution in [0.5, 0.6) is 5.75 Å². The molecule has 0 unspecified atom stereocenters. The third-order valence-electron chi connectivity index (χ3n) is 10.6. The fraction of sp³-hybridized carbons (Fsp3) is 0.867. The molecule has 0 fully saturated rings. The molecule has 1 aromatic carbocycles. The van der Waals surface area contributed by atoms with E-state index >= 15 is 0 Å². The van der Waals surface area contributed by atoms with Crippen LogP contribution in [0.3, 0.4) is 0 Å². The van der Waals surface area contributed by atoms with Crippen LogP contribution in [-0.4, -0.2) is 19.1 Å². The number of hydrogen-bond acceptors (Lipinski definition) is 3. The zero-order valence-electron chi connectivity index (χ0n) is 34.1. The van der Waals surface area contributed by atoms with Crippen molar-refractivity contribution in [3.63, 3.8) is 0 Å². The zero-order chi connectivity index (χ0) is 36.7. The molecule has 50 heavy (non-hydrogen) atoms. The van der Waals surface area contributed by atoms with E-state index in [4.69, 9.17) is 4.74 Å². The summed E-state index contributed by atoms with van der Waals surface area (Å²) in [5.74, 6) is 0.678. The molecule has 4 nitrogen and oxygen atoms in total. The van der Waals surface area contributed by atoms with E-state index in [0.29, 0.717) is 12.2 Å². The molecule has 5 heteroatoms. The second-order valence-electron chi connectivity index (χ2n) is 15.7. The molecule has 0 bridgehead atoms. The van der Waals surface area contributed by atoms with Gasteiger partial charge in [-0.1, -0.05) is 194 Å². The minimum Gasteiger partial charge on any atom is -0.491 e. The van der Waals surface area contributed by atoms with E-state index in [1.54, 1.807) is 6.07 Å². The molecule has 0 aliphatic carbocycles. The predicted molar refractivity (Wildman–Crippen MR) is 219 cm³/mol. The maximum atomic E-state index is 12.9. The molecule has 1 rings (SSSR count). The predicted octanol–water partition coefficient (Wildman–Crippen LogP) is 15.1. The van der Waals surface area contributed by atoms with Crippen molar-refractivity contribution in [3.05, 3.63) is 22.8 Å². The van der Waals surface area contributed by atoms with Gasteiger partial charge in [-0.2, -0.15) is 8.42 Å². The van der Waals surface area contributed by atoms with E-state index in [1.165, 1.54) is 178 Å². The van der Waals surface area contributed by atoms with Gasteiger partial charge < -0.3 is 4.74 Å². The van der Waals surface area contributed by atoms with Crippen LogP contribution in [0.25, 0.3) is 0 Å². The molecule has 0 radical (unpaired) electrons. The zero-order valence-corrected chi connectivity index (χ0v) is 34.9. The summed E-state index contributed by atoms with van der Waals surface area (Å²) in [5.41, 5.74) is 3.26. The molecule has 1 N–H and O–H groups in total. The van der Waals surface area contributed by atoms with Gasteiger partial charge in [-0.25, -0.2) is 0 Å². The van der Waals surface area contributed by atoms with E-state index in [-0.39, 0.29) is 11.0 Å². The summed E-state index contributed by atoms with van der Waals surface area (Å²) in [4.78, 5) is 0.0953. The first kappa shape index (κ1) is 47.0. The second-order valence-corrected chi connectivity index (χ2v) is 17.1. The number of unbranched alkanes of at least 4 members (excludes halogenated alkanes) is 27. The van der Waals surface area contributed by atoms with Gasteiger partial charge in [-0.3, -0.25) is 4.55 Å². The first-order valence-electron chi connectivity index (χ1n) is 22.1. The Morgan fingerprint density at radius 3 is 1.04 bits per heavy atom. The van der Waals surface area contributed by atoms with E-state index in [0.717, 1.165) is 44.1 Å². The van der Waals surface area contributed by atoms with E-state index in [2.05, 4.69) is 20.8 Å². The molecule has 1 aromatic rings. The van der Waals surface area contributed by atoms with Gasteiger partial charge in [-0.15, -0.1) is 0 Å². The van der Waals surface area contributed by atoms with Gasteiger partial charge in [0.1, 0.15) is 10.6 Å². The first-order valence-corrected chi connectivity index (χ1v) is 23.5. The highest BCUT2D eigenvalue weighted by Crippen LogP contribution is 2.36. The molecule has 0 spiro atoms. The maximum Gasteiger partial charge on any atom is 0.294 e. The fourth-order valence-electron chi connectivity index (χ4n) is 7.58. The average Bonchev–Trinajstić information content (AvgIpc) is 3.07. The maximum absolute atomic E-state index is 12.9. The van der Waals surface area contributed by atoms with E-state index in [1.807, 2.05) is 13.8 Å². The molecule has 0 saturated heterocycles. The highest BCUT2D eigenvalue weighted by Gasteiger charge is 2.25. The molecule has 0 amide bonds.